The second-order valence-corrected chi connectivity index (χ2v) is 8.51. The number of fused-ring (bicyclic) bond motifs is 1. The number of amides is 1. The smallest absolute Gasteiger partial charge is 0.253 e. The zero-order chi connectivity index (χ0) is 21.0. The van der Waals surface area contributed by atoms with Crippen LogP contribution < -0.4 is 15.1 Å². The molecule has 1 N–H and O–H groups in total. The van der Waals surface area contributed by atoms with Gasteiger partial charge in [-0.2, -0.15) is 0 Å². The van der Waals surface area contributed by atoms with E-state index in [1.165, 1.54) is 19.3 Å². The number of hydrogen-bond acceptors (Lipinski definition) is 5. The summed E-state index contributed by atoms with van der Waals surface area (Å²) in [6, 6.07) is 14.5. The third-order valence-electron chi connectivity index (χ3n) is 6.51. The summed E-state index contributed by atoms with van der Waals surface area (Å²) in [5.74, 6) is 1.99. The summed E-state index contributed by atoms with van der Waals surface area (Å²) in [5.41, 5.74) is 0.678. The molecular weight excluding hydrogens is 386 g/mol. The number of aromatic nitrogens is 2. The average molecular weight is 416 g/mol. The van der Waals surface area contributed by atoms with Gasteiger partial charge in [0.05, 0.1) is 5.56 Å². The van der Waals surface area contributed by atoms with Crippen LogP contribution in [-0.4, -0.2) is 48.1 Å². The predicted molar refractivity (Wildman–Crippen MR) is 125 cm³/mol. The number of hydrogen-bond donors (Lipinski definition) is 1. The Morgan fingerprint density at radius 3 is 2.29 bits per heavy atom. The first-order chi connectivity index (χ1) is 15.3. The molecule has 2 fully saturated rings. The predicted octanol–water partition coefficient (Wildman–Crippen LogP) is 4.02. The maximum atomic E-state index is 13.0. The Kier molecular flexibility index (Phi) is 5.69. The molecule has 0 radical (unpaired) electrons. The van der Waals surface area contributed by atoms with Gasteiger partial charge >= 0.3 is 0 Å². The average Bonchev–Trinajstić information content (AvgIpc) is 2.84. The lowest BCUT2D eigenvalue weighted by Crippen LogP contribution is -2.47. The zero-order valence-electron chi connectivity index (χ0n) is 17.8. The fraction of sp³-hybridized carbons (Fsp3) is 0.400. The van der Waals surface area contributed by atoms with Gasteiger partial charge in [-0.25, -0.2) is 9.97 Å². The van der Waals surface area contributed by atoms with Gasteiger partial charge < -0.3 is 15.1 Å². The minimum atomic E-state index is 0.00196. The number of pyridine rings is 2. The maximum Gasteiger partial charge on any atom is 0.253 e. The van der Waals surface area contributed by atoms with E-state index >= 15 is 0 Å². The molecular formula is C25H29N5O. The van der Waals surface area contributed by atoms with Crippen molar-refractivity contribution < 1.29 is 4.79 Å². The molecule has 2 aromatic heterocycles. The van der Waals surface area contributed by atoms with E-state index in [1.807, 2.05) is 36.5 Å². The Labute approximate surface area is 183 Å². The summed E-state index contributed by atoms with van der Waals surface area (Å²) >= 11 is 0. The first-order valence-corrected chi connectivity index (χ1v) is 11.4. The summed E-state index contributed by atoms with van der Waals surface area (Å²) in [7, 11) is 0. The molecule has 0 unspecified atom stereocenters. The highest BCUT2D eigenvalue weighted by atomic mass is 16.1. The van der Waals surface area contributed by atoms with Gasteiger partial charge in [0.2, 0.25) is 0 Å². The van der Waals surface area contributed by atoms with Crippen molar-refractivity contribution >= 4 is 28.3 Å². The van der Waals surface area contributed by atoms with E-state index in [-0.39, 0.29) is 5.91 Å². The molecule has 3 heterocycles. The zero-order valence-corrected chi connectivity index (χ0v) is 17.8. The minimum absolute atomic E-state index is 0.00196. The van der Waals surface area contributed by atoms with Crippen LogP contribution in [0.4, 0.5) is 11.6 Å². The first-order valence-electron chi connectivity index (χ1n) is 11.4. The fourth-order valence-electron chi connectivity index (χ4n) is 4.81. The van der Waals surface area contributed by atoms with E-state index in [0.717, 1.165) is 61.4 Å². The van der Waals surface area contributed by atoms with Crippen molar-refractivity contribution in [3.63, 3.8) is 0 Å². The number of carbonyl (C=O) groups is 1. The number of nitrogens with zero attached hydrogens (tertiary/aromatic N) is 4. The van der Waals surface area contributed by atoms with Gasteiger partial charge in [-0.1, -0.05) is 49.6 Å². The van der Waals surface area contributed by atoms with E-state index in [0.29, 0.717) is 11.6 Å². The normalized spacial score (nSPS) is 17.7. The third kappa shape index (κ3) is 4.20. The first kappa shape index (κ1) is 19.8. The van der Waals surface area contributed by atoms with Crippen molar-refractivity contribution in [3.8, 4) is 0 Å². The van der Waals surface area contributed by atoms with Crippen LogP contribution in [0.3, 0.4) is 0 Å². The number of rotatable bonds is 4. The summed E-state index contributed by atoms with van der Waals surface area (Å²) in [5, 5.41) is 5.27. The van der Waals surface area contributed by atoms with Gasteiger partial charge in [0, 0.05) is 50.0 Å². The number of anilines is 2. The van der Waals surface area contributed by atoms with Gasteiger partial charge in [-0.3, -0.25) is 4.79 Å². The SMILES string of the molecule is O=C(NC1CCCCC1)c1cnc(N2CCN(c3ccccn3)CC2)c2ccccc12. The van der Waals surface area contributed by atoms with Gasteiger partial charge in [0.15, 0.2) is 0 Å². The second-order valence-electron chi connectivity index (χ2n) is 8.51. The Morgan fingerprint density at radius 2 is 1.55 bits per heavy atom. The van der Waals surface area contributed by atoms with Crippen LogP contribution in [0.2, 0.25) is 0 Å². The largest absolute Gasteiger partial charge is 0.353 e. The monoisotopic (exact) mass is 415 g/mol. The van der Waals surface area contributed by atoms with Crippen molar-refractivity contribution in [2.24, 2.45) is 0 Å². The van der Waals surface area contributed by atoms with E-state index < -0.39 is 0 Å². The van der Waals surface area contributed by atoms with Crippen molar-refractivity contribution in [2.45, 2.75) is 38.1 Å². The van der Waals surface area contributed by atoms with E-state index in [1.54, 1.807) is 6.20 Å². The summed E-state index contributed by atoms with van der Waals surface area (Å²) in [4.78, 5) is 26.9. The fourth-order valence-corrected chi connectivity index (χ4v) is 4.81. The van der Waals surface area contributed by atoms with Crippen LogP contribution in [0.25, 0.3) is 10.8 Å². The molecule has 6 nitrogen and oxygen atoms in total. The number of carbonyl (C=O) groups excluding carboxylic acids is 1. The summed E-state index contributed by atoms with van der Waals surface area (Å²) in [6.07, 6.45) is 9.44. The molecule has 6 heteroatoms. The lowest BCUT2D eigenvalue weighted by molar-refractivity contribution is 0.0929. The number of benzene rings is 1. The van der Waals surface area contributed by atoms with E-state index in [2.05, 4.69) is 32.2 Å². The number of piperazine rings is 1. The molecule has 5 rings (SSSR count). The van der Waals surface area contributed by atoms with Crippen molar-refractivity contribution in [2.75, 3.05) is 36.0 Å². The standard InChI is InChI=1S/C25H29N5O/c31-25(28-19-8-2-1-3-9-19)22-18-27-24(21-11-5-4-10-20(21)22)30-16-14-29(15-17-30)23-12-6-7-13-26-23/h4-7,10-13,18-19H,1-3,8-9,14-17H2,(H,28,31). The van der Waals surface area contributed by atoms with Gasteiger partial charge in [-0.15, -0.1) is 0 Å². The molecule has 1 saturated heterocycles. The molecule has 0 bridgehead atoms. The van der Waals surface area contributed by atoms with Gasteiger partial charge in [0.1, 0.15) is 11.6 Å². The topological polar surface area (TPSA) is 61.4 Å². The van der Waals surface area contributed by atoms with E-state index in [4.69, 9.17) is 4.98 Å². The van der Waals surface area contributed by atoms with Gasteiger partial charge in [0.25, 0.3) is 5.91 Å². The molecule has 3 aromatic rings. The van der Waals surface area contributed by atoms with Crippen LogP contribution in [0.5, 0.6) is 0 Å². The summed E-state index contributed by atoms with van der Waals surface area (Å²) in [6.45, 7) is 3.55. The van der Waals surface area contributed by atoms with Crippen LogP contribution >= 0.6 is 0 Å². The molecule has 0 spiro atoms. The molecule has 1 aliphatic heterocycles. The quantitative estimate of drug-likeness (QED) is 0.697. The molecule has 31 heavy (non-hydrogen) atoms. The Hall–Kier alpha value is -3.15. The Balaban J connectivity index is 1.36. The molecule has 2 aliphatic rings. The Morgan fingerprint density at radius 1 is 0.839 bits per heavy atom. The highest BCUT2D eigenvalue weighted by molar-refractivity contribution is 6.09. The maximum absolute atomic E-state index is 13.0. The lowest BCUT2D eigenvalue weighted by atomic mass is 9.95. The minimum Gasteiger partial charge on any atom is -0.353 e. The van der Waals surface area contributed by atoms with Crippen molar-refractivity contribution in [1.82, 2.24) is 15.3 Å². The van der Waals surface area contributed by atoms with Crippen LogP contribution in [-0.2, 0) is 0 Å². The molecule has 1 amide bonds. The lowest BCUT2D eigenvalue weighted by Gasteiger charge is -2.36. The molecule has 0 atom stereocenters. The highest BCUT2D eigenvalue weighted by Crippen LogP contribution is 2.29. The third-order valence-corrected chi connectivity index (χ3v) is 6.51. The van der Waals surface area contributed by atoms with Crippen molar-refractivity contribution in [1.29, 1.82) is 0 Å². The highest BCUT2D eigenvalue weighted by Gasteiger charge is 2.23. The molecule has 160 valence electrons. The molecule has 1 aliphatic carbocycles. The van der Waals surface area contributed by atoms with E-state index in [9.17, 15) is 4.79 Å². The second kappa shape index (κ2) is 8.92. The van der Waals surface area contributed by atoms with Crippen molar-refractivity contribution in [3.05, 3.63) is 60.4 Å². The Bertz CT molecular complexity index is 1040. The summed E-state index contributed by atoms with van der Waals surface area (Å²) < 4.78 is 0. The number of nitrogens with one attached hydrogen (secondary N) is 1. The molecule has 1 saturated carbocycles. The van der Waals surface area contributed by atoms with Gasteiger partial charge in [-0.05, 0) is 30.4 Å². The van der Waals surface area contributed by atoms with Crippen LogP contribution in [0.15, 0.2) is 54.9 Å². The van der Waals surface area contributed by atoms with Crippen LogP contribution in [0, 0.1) is 0 Å². The molecule has 1 aromatic carbocycles. The van der Waals surface area contributed by atoms with Crippen LogP contribution in [0.1, 0.15) is 42.5 Å².